The van der Waals surface area contributed by atoms with Crippen LogP contribution in [-0.4, -0.2) is 24.2 Å². The number of aryl methyl sites for hydroxylation is 1. The second kappa shape index (κ2) is 5.23. The van der Waals surface area contributed by atoms with Crippen LogP contribution in [0.25, 0.3) is 11.3 Å². The van der Waals surface area contributed by atoms with Gasteiger partial charge in [-0.05, 0) is 19.1 Å². The van der Waals surface area contributed by atoms with E-state index in [1.165, 1.54) is 0 Å². The Hall–Kier alpha value is -1.81. The van der Waals surface area contributed by atoms with Crippen LogP contribution in [0.3, 0.4) is 0 Å². The lowest BCUT2D eigenvalue weighted by molar-refractivity contribution is 0.394. The number of methoxy groups -OCH3 is 2. The summed E-state index contributed by atoms with van der Waals surface area (Å²) in [6, 6.07) is 7.27. The van der Waals surface area contributed by atoms with Crippen LogP contribution in [-0.2, 0) is 0 Å². The molecule has 1 aromatic heterocycles. The van der Waals surface area contributed by atoms with E-state index >= 15 is 0 Å². The molecule has 94 valence electrons. The molecule has 0 aliphatic heterocycles. The van der Waals surface area contributed by atoms with Gasteiger partial charge in [-0.2, -0.15) is 0 Å². The van der Waals surface area contributed by atoms with Crippen LogP contribution >= 0.6 is 11.6 Å². The minimum absolute atomic E-state index is 0.416. The van der Waals surface area contributed by atoms with Gasteiger partial charge in [0.1, 0.15) is 22.5 Å². The van der Waals surface area contributed by atoms with Gasteiger partial charge in [-0.15, -0.1) is 0 Å². The Labute approximate surface area is 111 Å². The van der Waals surface area contributed by atoms with E-state index in [-0.39, 0.29) is 0 Å². The van der Waals surface area contributed by atoms with Crippen LogP contribution in [0, 0.1) is 6.92 Å². The Morgan fingerprint density at radius 2 is 1.56 bits per heavy atom. The predicted octanol–water partition coefficient (Wildman–Crippen LogP) is 3.12. The maximum atomic E-state index is 5.93. The fourth-order valence-corrected chi connectivity index (χ4v) is 1.86. The third-order valence-electron chi connectivity index (χ3n) is 2.45. The molecule has 0 atom stereocenters. The Morgan fingerprint density at radius 3 is 2.06 bits per heavy atom. The minimum atomic E-state index is 0.416. The average Bonchev–Trinajstić information content (AvgIpc) is 2.37. The van der Waals surface area contributed by atoms with Crippen molar-refractivity contribution in [3.63, 3.8) is 0 Å². The summed E-state index contributed by atoms with van der Waals surface area (Å²) in [5.74, 6) is 2.03. The summed E-state index contributed by atoms with van der Waals surface area (Å²) in [7, 11) is 3.22. The number of nitrogens with zero attached hydrogens (tertiary/aromatic N) is 2. The second-order valence-corrected chi connectivity index (χ2v) is 4.11. The minimum Gasteiger partial charge on any atom is -0.497 e. The average molecular weight is 265 g/mol. The van der Waals surface area contributed by atoms with Crippen molar-refractivity contribution in [3.05, 3.63) is 35.2 Å². The molecule has 1 aromatic carbocycles. The zero-order valence-electron chi connectivity index (χ0n) is 10.4. The predicted molar refractivity (Wildman–Crippen MR) is 70.3 cm³/mol. The largest absolute Gasteiger partial charge is 0.497 e. The summed E-state index contributed by atoms with van der Waals surface area (Å²) in [5, 5.41) is 0.416. The Kier molecular flexibility index (Phi) is 3.67. The summed E-state index contributed by atoms with van der Waals surface area (Å²) in [5.41, 5.74) is 1.61. The molecule has 4 nitrogen and oxygen atoms in total. The number of halogens is 1. The molecule has 0 fully saturated rings. The molecule has 2 rings (SSSR count). The fourth-order valence-electron chi connectivity index (χ4n) is 1.63. The van der Waals surface area contributed by atoms with Gasteiger partial charge >= 0.3 is 0 Å². The van der Waals surface area contributed by atoms with Gasteiger partial charge in [-0.3, -0.25) is 0 Å². The molecule has 0 aliphatic rings. The fraction of sp³-hybridized carbons (Fsp3) is 0.231. The number of hydrogen-bond acceptors (Lipinski definition) is 4. The molecule has 0 aliphatic carbocycles. The molecule has 0 bridgehead atoms. The van der Waals surface area contributed by atoms with Crippen LogP contribution in [0.5, 0.6) is 11.5 Å². The van der Waals surface area contributed by atoms with Gasteiger partial charge in [0.05, 0.1) is 19.9 Å². The molecule has 0 amide bonds. The van der Waals surface area contributed by atoms with Gasteiger partial charge in [0.15, 0.2) is 0 Å². The van der Waals surface area contributed by atoms with E-state index in [9.17, 15) is 0 Å². The summed E-state index contributed by atoms with van der Waals surface area (Å²) >= 11 is 5.93. The lowest BCUT2D eigenvalue weighted by Gasteiger charge is -2.08. The normalized spacial score (nSPS) is 10.2. The van der Waals surface area contributed by atoms with Gasteiger partial charge in [0, 0.05) is 17.7 Å². The zero-order valence-corrected chi connectivity index (χ0v) is 11.2. The highest BCUT2D eigenvalue weighted by Crippen LogP contribution is 2.29. The molecule has 0 unspecified atom stereocenters. The van der Waals surface area contributed by atoms with E-state index in [2.05, 4.69) is 9.97 Å². The van der Waals surface area contributed by atoms with Crippen LogP contribution < -0.4 is 9.47 Å². The van der Waals surface area contributed by atoms with E-state index in [1.54, 1.807) is 33.3 Å². The van der Waals surface area contributed by atoms with Gasteiger partial charge in [-0.25, -0.2) is 9.97 Å². The number of aromatic nitrogens is 2. The molecule has 0 radical (unpaired) electrons. The first-order valence-electron chi connectivity index (χ1n) is 5.37. The summed E-state index contributed by atoms with van der Waals surface area (Å²) in [6.07, 6.45) is 0. The molecule has 0 saturated heterocycles. The SMILES string of the molecule is COc1cc(OC)cc(-c2cc(Cl)nc(C)n2)c1. The lowest BCUT2D eigenvalue weighted by Crippen LogP contribution is -1.93. The van der Waals surface area contributed by atoms with Crippen molar-refractivity contribution < 1.29 is 9.47 Å². The maximum absolute atomic E-state index is 5.93. The first kappa shape index (κ1) is 12.6. The van der Waals surface area contributed by atoms with Crippen LogP contribution in [0.1, 0.15) is 5.82 Å². The highest BCUT2D eigenvalue weighted by molar-refractivity contribution is 6.29. The van der Waals surface area contributed by atoms with Crippen molar-refractivity contribution >= 4 is 11.6 Å². The number of rotatable bonds is 3. The quantitative estimate of drug-likeness (QED) is 0.799. The van der Waals surface area contributed by atoms with Crippen LogP contribution in [0.4, 0.5) is 0 Å². The zero-order chi connectivity index (χ0) is 13.1. The highest BCUT2D eigenvalue weighted by Gasteiger charge is 2.07. The summed E-state index contributed by atoms with van der Waals surface area (Å²) in [4.78, 5) is 8.39. The topological polar surface area (TPSA) is 44.2 Å². The van der Waals surface area contributed by atoms with Crippen molar-refractivity contribution in [1.29, 1.82) is 0 Å². The number of hydrogen-bond donors (Lipinski definition) is 0. The van der Waals surface area contributed by atoms with Gasteiger partial charge in [0.2, 0.25) is 0 Å². The molecule has 5 heteroatoms. The van der Waals surface area contributed by atoms with Crippen molar-refractivity contribution in [2.45, 2.75) is 6.92 Å². The molecular formula is C13H13ClN2O2. The summed E-state index contributed by atoms with van der Waals surface area (Å²) in [6.45, 7) is 1.80. The van der Waals surface area contributed by atoms with E-state index in [1.807, 2.05) is 12.1 Å². The molecule has 0 saturated carbocycles. The van der Waals surface area contributed by atoms with Crippen LogP contribution in [0.2, 0.25) is 5.15 Å². The van der Waals surface area contributed by atoms with Crippen molar-refractivity contribution in [3.8, 4) is 22.8 Å². The lowest BCUT2D eigenvalue weighted by atomic mass is 10.1. The number of benzene rings is 1. The molecule has 0 spiro atoms. The molecular weight excluding hydrogens is 252 g/mol. The molecule has 2 aromatic rings. The van der Waals surface area contributed by atoms with Gasteiger partial charge in [0.25, 0.3) is 0 Å². The number of ether oxygens (including phenoxy) is 2. The molecule has 18 heavy (non-hydrogen) atoms. The Bertz CT molecular complexity index is 530. The second-order valence-electron chi connectivity index (χ2n) is 3.72. The van der Waals surface area contributed by atoms with Crippen LogP contribution in [0.15, 0.2) is 24.3 Å². The van der Waals surface area contributed by atoms with E-state index < -0.39 is 0 Å². The van der Waals surface area contributed by atoms with Crippen molar-refractivity contribution in [2.75, 3.05) is 14.2 Å². The standard InChI is InChI=1S/C13H13ClN2O2/c1-8-15-12(7-13(14)16-8)9-4-10(17-2)6-11(5-9)18-3/h4-7H,1-3H3. The smallest absolute Gasteiger partial charge is 0.133 e. The monoisotopic (exact) mass is 264 g/mol. The van der Waals surface area contributed by atoms with E-state index in [4.69, 9.17) is 21.1 Å². The first-order valence-corrected chi connectivity index (χ1v) is 5.75. The Morgan fingerprint density at radius 1 is 0.944 bits per heavy atom. The third-order valence-corrected chi connectivity index (χ3v) is 2.65. The van der Waals surface area contributed by atoms with Gasteiger partial charge < -0.3 is 9.47 Å². The Balaban J connectivity index is 2.55. The molecule has 1 heterocycles. The molecule has 0 N–H and O–H groups in total. The summed E-state index contributed by atoms with van der Waals surface area (Å²) < 4.78 is 10.4. The van der Waals surface area contributed by atoms with E-state index in [0.717, 1.165) is 11.3 Å². The maximum Gasteiger partial charge on any atom is 0.133 e. The van der Waals surface area contributed by atoms with Crippen molar-refractivity contribution in [1.82, 2.24) is 9.97 Å². The first-order chi connectivity index (χ1) is 8.62. The van der Waals surface area contributed by atoms with E-state index in [0.29, 0.717) is 22.5 Å². The highest BCUT2D eigenvalue weighted by atomic mass is 35.5. The van der Waals surface area contributed by atoms with Crippen molar-refractivity contribution in [2.24, 2.45) is 0 Å². The third kappa shape index (κ3) is 2.71. The van der Waals surface area contributed by atoms with Gasteiger partial charge in [-0.1, -0.05) is 11.6 Å².